The van der Waals surface area contributed by atoms with Crippen molar-refractivity contribution in [1.29, 1.82) is 0 Å². The van der Waals surface area contributed by atoms with Crippen LogP contribution in [0.4, 0.5) is 0 Å². The predicted molar refractivity (Wildman–Crippen MR) is 67.2 cm³/mol. The molecule has 1 unspecified atom stereocenters. The van der Waals surface area contributed by atoms with Gasteiger partial charge in [0.15, 0.2) is 0 Å². The molecule has 0 radical (unpaired) electrons. The van der Waals surface area contributed by atoms with Gasteiger partial charge in [-0.05, 0) is 36.6 Å². The van der Waals surface area contributed by atoms with Crippen molar-refractivity contribution < 1.29 is 4.74 Å². The van der Waals surface area contributed by atoms with E-state index in [1.807, 2.05) is 0 Å². The SMILES string of the molecule is CCc1cc(C2(C)CCNC2)ccc1OC. The Morgan fingerprint density at radius 2 is 2.25 bits per heavy atom. The van der Waals surface area contributed by atoms with Crippen molar-refractivity contribution in [1.82, 2.24) is 5.32 Å². The van der Waals surface area contributed by atoms with E-state index in [4.69, 9.17) is 4.74 Å². The molecule has 1 saturated heterocycles. The molecule has 88 valence electrons. The van der Waals surface area contributed by atoms with Crippen molar-refractivity contribution in [3.63, 3.8) is 0 Å². The highest BCUT2D eigenvalue weighted by atomic mass is 16.5. The van der Waals surface area contributed by atoms with Gasteiger partial charge in [-0.15, -0.1) is 0 Å². The van der Waals surface area contributed by atoms with Gasteiger partial charge in [0.25, 0.3) is 0 Å². The highest BCUT2D eigenvalue weighted by Crippen LogP contribution is 2.33. The summed E-state index contributed by atoms with van der Waals surface area (Å²) in [6.07, 6.45) is 2.25. The van der Waals surface area contributed by atoms with E-state index in [0.29, 0.717) is 5.41 Å². The molecule has 0 bridgehead atoms. The number of aryl methyl sites for hydroxylation is 1. The molecule has 1 heterocycles. The standard InChI is InChI=1S/C14H21NO/c1-4-11-9-12(5-6-13(11)16-3)14(2)7-8-15-10-14/h5-6,9,15H,4,7-8,10H2,1-3H3. The number of ether oxygens (including phenoxy) is 1. The number of methoxy groups -OCH3 is 1. The fraction of sp³-hybridized carbons (Fsp3) is 0.571. The molecule has 2 heteroatoms. The van der Waals surface area contributed by atoms with Crippen LogP contribution in [0.25, 0.3) is 0 Å². The van der Waals surface area contributed by atoms with Gasteiger partial charge < -0.3 is 10.1 Å². The molecule has 1 aliphatic heterocycles. The molecule has 2 rings (SSSR count). The quantitative estimate of drug-likeness (QED) is 0.843. The number of benzene rings is 1. The van der Waals surface area contributed by atoms with E-state index in [-0.39, 0.29) is 0 Å². The Balaban J connectivity index is 2.35. The Hall–Kier alpha value is -1.02. The molecule has 1 aliphatic rings. The van der Waals surface area contributed by atoms with Gasteiger partial charge in [0.1, 0.15) is 5.75 Å². The average Bonchev–Trinajstić information content (AvgIpc) is 2.76. The minimum Gasteiger partial charge on any atom is -0.496 e. The lowest BCUT2D eigenvalue weighted by Gasteiger charge is -2.24. The Labute approximate surface area is 98.0 Å². The maximum Gasteiger partial charge on any atom is 0.122 e. The predicted octanol–water partition coefficient (Wildman–Crippen LogP) is 2.51. The minimum atomic E-state index is 0.302. The molecule has 0 aromatic heterocycles. The van der Waals surface area contributed by atoms with Gasteiger partial charge in [0.05, 0.1) is 7.11 Å². The summed E-state index contributed by atoms with van der Waals surface area (Å²) in [6, 6.07) is 6.63. The monoisotopic (exact) mass is 219 g/mol. The lowest BCUT2D eigenvalue weighted by atomic mass is 9.81. The summed E-state index contributed by atoms with van der Waals surface area (Å²) < 4.78 is 5.37. The third kappa shape index (κ3) is 1.94. The first kappa shape index (κ1) is 11.5. The molecule has 0 spiro atoms. The molecule has 1 fully saturated rings. The van der Waals surface area contributed by atoms with Gasteiger partial charge in [-0.2, -0.15) is 0 Å². The van der Waals surface area contributed by atoms with Crippen molar-refractivity contribution in [2.75, 3.05) is 20.2 Å². The first-order chi connectivity index (χ1) is 7.69. The fourth-order valence-corrected chi connectivity index (χ4v) is 2.49. The van der Waals surface area contributed by atoms with E-state index < -0.39 is 0 Å². The van der Waals surface area contributed by atoms with Crippen LogP contribution in [0.15, 0.2) is 18.2 Å². The molecule has 0 amide bonds. The Morgan fingerprint density at radius 1 is 1.44 bits per heavy atom. The third-order valence-electron chi connectivity index (χ3n) is 3.73. The van der Waals surface area contributed by atoms with Crippen LogP contribution in [0.3, 0.4) is 0 Å². The lowest BCUT2D eigenvalue weighted by molar-refractivity contribution is 0.409. The maximum absolute atomic E-state index is 5.37. The second-order valence-electron chi connectivity index (χ2n) is 4.87. The summed E-state index contributed by atoms with van der Waals surface area (Å²) >= 11 is 0. The van der Waals surface area contributed by atoms with Crippen molar-refractivity contribution in [3.8, 4) is 5.75 Å². The maximum atomic E-state index is 5.37. The van der Waals surface area contributed by atoms with Gasteiger partial charge in [0.2, 0.25) is 0 Å². The molecule has 1 atom stereocenters. The summed E-state index contributed by atoms with van der Waals surface area (Å²) in [7, 11) is 1.74. The van der Waals surface area contributed by atoms with E-state index in [0.717, 1.165) is 25.3 Å². The van der Waals surface area contributed by atoms with Crippen molar-refractivity contribution >= 4 is 0 Å². The molecule has 1 N–H and O–H groups in total. The normalized spacial score (nSPS) is 24.7. The van der Waals surface area contributed by atoms with Crippen molar-refractivity contribution in [3.05, 3.63) is 29.3 Å². The number of hydrogen-bond donors (Lipinski definition) is 1. The van der Waals surface area contributed by atoms with Gasteiger partial charge in [-0.3, -0.25) is 0 Å². The zero-order valence-corrected chi connectivity index (χ0v) is 10.5. The van der Waals surface area contributed by atoms with Crippen LogP contribution in [0.1, 0.15) is 31.4 Å². The van der Waals surface area contributed by atoms with E-state index in [1.165, 1.54) is 17.5 Å². The Bertz CT molecular complexity index is 367. The zero-order valence-electron chi connectivity index (χ0n) is 10.5. The van der Waals surface area contributed by atoms with Crippen molar-refractivity contribution in [2.45, 2.75) is 32.1 Å². The number of hydrogen-bond acceptors (Lipinski definition) is 2. The van der Waals surface area contributed by atoms with E-state index >= 15 is 0 Å². The van der Waals surface area contributed by atoms with Crippen LogP contribution in [0.5, 0.6) is 5.75 Å². The van der Waals surface area contributed by atoms with Gasteiger partial charge >= 0.3 is 0 Å². The molecule has 0 saturated carbocycles. The van der Waals surface area contributed by atoms with Crippen LogP contribution in [0.2, 0.25) is 0 Å². The highest BCUT2D eigenvalue weighted by molar-refractivity contribution is 5.40. The number of rotatable bonds is 3. The van der Waals surface area contributed by atoms with Crippen LogP contribution in [-0.2, 0) is 11.8 Å². The first-order valence-corrected chi connectivity index (χ1v) is 6.08. The second-order valence-corrected chi connectivity index (χ2v) is 4.87. The highest BCUT2D eigenvalue weighted by Gasteiger charge is 2.30. The molecule has 16 heavy (non-hydrogen) atoms. The average molecular weight is 219 g/mol. The lowest BCUT2D eigenvalue weighted by Crippen LogP contribution is -2.25. The molecular formula is C14H21NO. The van der Waals surface area contributed by atoms with Crippen LogP contribution in [-0.4, -0.2) is 20.2 Å². The Kier molecular flexibility index (Phi) is 3.20. The molecule has 1 aromatic carbocycles. The third-order valence-corrected chi connectivity index (χ3v) is 3.73. The topological polar surface area (TPSA) is 21.3 Å². The van der Waals surface area contributed by atoms with Crippen LogP contribution < -0.4 is 10.1 Å². The second kappa shape index (κ2) is 4.46. The first-order valence-electron chi connectivity index (χ1n) is 6.08. The van der Waals surface area contributed by atoms with Crippen molar-refractivity contribution in [2.24, 2.45) is 0 Å². The van der Waals surface area contributed by atoms with E-state index in [2.05, 4.69) is 37.4 Å². The largest absolute Gasteiger partial charge is 0.496 e. The van der Waals surface area contributed by atoms with Gasteiger partial charge in [0, 0.05) is 12.0 Å². The molecular weight excluding hydrogens is 198 g/mol. The fourth-order valence-electron chi connectivity index (χ4n) is 2.49. The number of nitrogens with one attached hydrogen (secondary N) is 1. The Morgan fingerprint density at radius 3 is 2.81 bits per heavy atom. The van der Waals surface area contributed by atoms with Gasteiger partial charge in [-0.25, -0.2) is 0 Å². The summed E-state index contributed by atoms with van der Waals surface area (Å²) in [5.74, 6) is 1.01. The molecule has 0 aliphatic carbocycles. The smallest absolute Gasteiger partial charge is 0.122 e. The van der Waals surface area contributed by atoms with Crippen LogP contribution >= 0.6 is 0 Å². The minimum absolute atomic E-state index is 0.302. The van der Waals surface area contributed by atoms with E-state index in [9.17, 15) is 0 Å². The molecule has 1 aromatic rings. The van der Waals surface area contributed by atoms with E-state index in [1.54, 1.807) is 7.11 Å². The summed E-state index contributed by atoms with van der Waals surface area (Å²) in [4.78, 5) is 0. The summed E-state index contributed by atoms with van der Waals surface area (Å²) in [6.45, 7) is 6.73. The zero-order chi connectivity index (χ0) is 11.6. The summed E-state index contributed by atoms with van der Waals surface area (Å²) in [5.41, 5.74) is 3.05. The molecule has 2 nitrogen and oxygen atoms in total. The van der Waals surface area contributed by atoms with Crippen LogP contribution in [0, 0.1) is 0 Å². The van der Waals surface area contributed by atoms with Gasteiger partial charge in [-0.1, -0.05) is 26.0 Å². The summed E-state index contributed by atoms with van der Waals surface area (Å²) in [5, 5.41) is 3.45.